The van der Waals surface area contributed by atoms with Crippen LogP contribution in [0.25, 0.3) is 0 Å². The van der Waals surface area contributed by atoms with E-state index in [-0.39, 0.29) is 17.9 Å². The summed E-state index contributed by atoms with van der Waals surface area (Å²) in [6.45, 7) is 2.46. The lowest BCUT2D eigenvalue weighted by Gasteiger charge is -2.23. The van der Waals surface area contributed by atoms with Crippen molar-refractivity contribution < 1.29 is 19.6 Å². The van der Waals surface area contributed by atoms with Crippen molar-refractivity contribution >= 4 is 17.5 Å². The molecule has 2 aromatic carbocycles. The summed E-state index contributed by atoms with van der Waals surface area (Å²) in [5.41, 5.74) is 3.10. The molecule has 0 radical (unpaired) electrons. The van der Waals surface area contributed by atoms with Gasteiger partial charge in [-0.05, 0) is 24.6 Å². The predicted octanol–water partition coefficient (Wildman–Crippen LogP) is 0.827. The second kappa shape index (κ2) is 8.01. The summed E-state index contributed by atoms with van der Waals surface area (Å²) in [5, 5.41) is 7.63. The van der Waals surface area contributed by atoms with Crippen LogP contribution in [-0.2, 0) is 22.6 Å². The van der Waals surface area contributed by atoms with Gasteiger partial charge in [-0.3, -0.25) is 9.59 Å². The van der Waals surface area contributed by atoms with Gasteiger partial charge in [0, 0.05) is 23.7 Å². The number of carbonyl (C=O) groups excluding carboxylic acids is 2. The summed E-state index contributed by atoms with van der Waals surface area (Å²) in [5.74, 6) is 0.283. The molecule has 0 saturated heterocycles. The molecule has 0 fully saturated rings. The van der Waals surface area contributed by atoms with Crippen LogP contribution in [0.2, 0.25) is 0 Å². The first-order valence-electron chi connectivity index (χ1n) is 8.72. The van der Waals surface area contributed by atoms with E-state index < -0.39 is 6.04 Å². The molecule has 6 heteroatoms. The highest BCUT2D eigenvalue weighted by Gasteiger charge is 2.29. The summed E-state index contributed by atoms with van der Waals surface area (Å²) in [6.07, 6.45) is 0.673. The second-order valence-corrected chi connectivity index (χ2v) is 6.47. The van der Waals surface area contributed by atoms with Crippen LogP contribution in [0.15, 0.2) is 48.5 Å². The molecule has 0 unspecified atom stereocenters. The van der Waals surface area contributed by atoms with Crippen LogP contribution in [0.5, 0.6) is 5.75 Å². The third kappa shape index (κ3) is 4.21. The SMILES string of the molecule is COc1cccc(NC(=O)[C@@H](C)NC(=O)[C@@H]2Cc3ccccc3C[NH2+]2)c1. The lowest BCUT2D eigenvalue weighted by Crippen LogP contribution is -2.93. The van der Waals surface area contributed by atoms with Crippen molar-refractivity contribution in [3.05, 3.63) is 59.7 Å². The Bertz CT molecular complexity index is 806. The van der Waals surface area contributed by atoms with E-state index in [0.29, 0.717) is 17.9 Å². The van der Waals surface area contributed by atoms with Gasteiger partial charge in [0.15, 0.2) is 6.04 Å². The minimum absolute atomic E-state index is 0.118. The quantitative estimate of drug-likeness (QED) is 0.744. The fourth-order valence-electron chi connectivity index (χ4n) is 3.08. The maximum Gasteiger partial charge on any atom is 0.279 e. The molecule has 0 bridgehead atoms. The number of carbonyl (C=O) groups is 2. The number of fused-ring (bicyclic) bond motifs is 1. The molecule has 6 nitrogen and oxygen atoms in total. The monoisotopic (exact) mass is 354 g/mol. The number of amides is 2. The Morgan fingerprint density at radius 1 is 1.15 bits per heavy atom. The Balaban J connectivity index is 1.56. The van der Waals surface area contributed by atoms with Crippen LogP contribution < -0.4 is 20.7 Å². The topological polar surface area (TPSA) is 84.0 Å². The molecule has 4 N–H and O–H groups in total. The number of benzene rings is 2. The summed E-state index contributed by atoms with van der Waals surface area (Å²) in [7, 11) is 1.57. The minimum atomic E-state index is -0.626. The highest BCUT2D eigenvalue weighted by atomic mass is 16.5. The zero-order valence-corrected chi connectivity index (χ0v) is 15.0. The maximum absolute atomic E-state index is 12.5. The summed E-state index contributed by atoms with van der Waals surface area (Å²) in [6, 6.07) is 14.4. The first-order valence-corrected chi connectivity index (χ1v) is 8.72. The first kappa shape index (κ1) is 17.9. The van der Waals surface area contributed by atoms with E-state index in [4.69, 9.17) is 4.74 Å². The Labute approximate surface area is 152 Å². The molecule has 2 aromatic rings. The normalized spacial score (nSPS) is 16.9. The number of nitrogens with two attached hydrogens (primary N) is 1. The number of ether oxygens (including phenoxy) is 1. The van der Waals surface area contributed by atoms with Crippen molar-refractivity contribution in [2.45, 2.75) is 32.0 Å². The molecular formula is C20H24N3O3+. The highest BCUT2D eigenvalue weighted by molar-refractivity contribution is 5.97. The lowest BCUT2D eigenvalue weighted by molar-refractivity contribution is -0.695. The van der Waals surface area contributed by atoms with Crippen molar-refractivity contribution in [1.82, 2.24) is 5.32 Å². The number of rotatable bonds is 5. The van der Waals surface area contributed by atoms with Crippen molar-refractivity contribution in [3.63, 3.8) is 0 Å². The number of anilines is 1. The van der Waals surface area contributed by atoms with Crippen LogP contribution in [0.3, 0.4) is 0 Å². The zero-order chi connectivity index (χ0) is 18.5. The van der Waals surface area contributed by atoms with Gasteiger partial charge in [0.2, 0.25) is 5.91 Å². The molecule has 2 amide bonds. The van der Waals surface area contributed by atoms with Crippen LogP contribution in [0.1, 0.15) is 18.1 Å². The average Bonchev–Trinajstić information content (AvgIpc) is 2.67. The van der Waals surface area contributed by atoms with Crippen molar-refractivity contribution in [3.8, 4) is 5.75 Å². The van der Waals surface area contributed by atoms with Crippen molar-refractivity contribution in [1.29, 1.82) is 0 Å². The number of quaternary nitrogens is 1. The summed E-state index contributed by atoms with van der Waals surface area (Å²) in [4.78, 5) is 24.9. The van der Waals surface area contributed by atoms with Crippen molar-refractivity contribution in [2.75, 3.05) is 12.4 Å². The summed E-state index contributed by atoms with van der Waals surface area (Å²) >= 11 is 0. The molecule has 1 aliphatic heterocycles. The van der Waals surface area contributed by atoms with E-state index in [1.807, 2.05) is 17.4 Å². The Hall–Kier alpha value is -2.86. The standard InChI is InChI=1S/C20H23N3O3/c1-13(19(24)23-16-8-5-9-17(11-16)26-2)22-20(25)18-10-14-6-3-4-7-15(14)12-21-18/h3-9,11,13,18,21H,10,12H2,1-2H3,(H,22,25)(H,23,24)/p+1/t13-,18+/m1/s1. The van der Waals surface area contributed by atoms with E-state index in [9.17, 15) is 9.59 Å². The molecular weight excluding hydrogens is 330 g/mol. The Kier molecular flexibility index (Phi) is 5.53. The number of hydrogen-bond donors (Lipinski definition) is 3. The molecule has 136 valence electrons. The van der Waals surface area contributed by atoms with E-state index in [1.165, 1.54) is 11.1 Å². The summed E-state index contributed by atoms with van der Waals surface area (Å²) < 4.78 is 5.14. The fourth-order valence-corrected chi connectivity index (χ4v) is 3.08. The van der Waals surface area contributed by atoms with Crippen LogP contribution in [0, 0.1) is 0 Å². The van der Waals surface area contributed by atoms with E-state index >= 15 is 0 Å². The molecule has 0 saturated carbocycles. The number of nitrogens with one attached hydrogen (secondary N) is 2. The highest BCUT2D eigenvalue weighted by Crippen LogP contribution is 2.17. The van der Waals surface area contributed by atoms with E-state index in [1.54, 1.807) is 38.3 Å². The lowest BCUT2D eigenvalue weighted by atomic mass is 9.95. The third-order valence-electron chi connectivity index (χ3n) is 4.61. The minimum Gasteiger partial charge on any atom is -0.497 e. The van der Waals surface area contributed by atoms with E-state index in [0.717, 1.165) is 6.54 Å². The van der Waals surface area contributed by atoms with Crippen LogP contribution in [0.4, 0.5) is 5.69 Å². The van der Waals surface area contributed by atoms with Crippen LogP contribution in [-0.4, -0.2) is 31.0 Å². The predicted molar refractivity (Wildman–Crippen MR) is 98.8 cm³/mol. The van der Waals surface area contributed by atoms with Gasteiger partial charge < -0.3 is 20.7 Å². The zero-order valence-electron chi connectivity index (χ0n) is 15.0. The largest absolute Gasteiger partial charge is 0.497 e. The molecule has 1 aliphatic rings. The first-order chi connectivity index (χ1) is 12.6. The van der Waals surface area contributed by atoms with Gasteiger partial charge in [-0.2, -0.15) is 0 Å². The smallest absolute Gasteiger partial charge is 0.279 e. The molecule has 26 heavy (non-hydrogen) atoms. The molecule has 0 aromatic heterocycles. The van der Waals surface area contributed by atoms with E-state index in [2.05, 4.69) is 22.8 Å². The average molecular weight is 354 g/mol. The molecule has 1 heterocycles. The van der Waals surface area contributed by atoms with Gasteiger partial charge in [0.05, 0.1) is 7.11 Å². The maximum atomic E-state index is 12.5. The number of hydrogen-bond acceptors (Lipinski definition) is 3. The molecule has 3 rings (SSSR count). The van der Waals surface area contributed by atoms with Gasteiger partial charge in [0.1, 0.15) is 18.3 Å². The third-order valence-corrected chi connectivity index (χ3v) is 4.61. The van der Waals surface area contributed by atoms with Gasteiger partial charge in [-0.25, -0.2) is 0 Å². The second-order valence-electron chi connectivity index (χ2n) is 6.47. The van der Waals surface area contributed by atoms with Gasteiger partial charge in [0.25, 0.3) is 5.91 Å². The van der Waals surface area contributed by atoms with Gasteiger partial charge in [-0.1, -0.05) is 30.3 Å². The van der Waals surface area contributed by atoms with Crippen molar-refractivity contribution in [2.24, 2.45) is 0 Å². The fraction of sp³-hybridized carbons (Fsp3) is 0.300. The molecule has 0 aliphatic carbocycles. The number of methoxy groups -OCH3 is 1. The Morgan fingerprint density at radius 3 is 2.69 bits per heavy atom. The molecule has 0 spiro atoms. The Morgan fingerprint density at radius 2 is 1.92 bits per heavy atom. The van der Waals surface area contributed by atoms with Crippen LogP contribution >= 0.6 is 0 Å². The van der Waals surface area contributed by atoms with Gasteiger partial charge in [-0.15, -0.1) is 0 Å². The van der Waals surface area contributed by atoms with Gasteiger partial charge >= 0.3 is 0 Å². The molecule has 2 atom stereocenters.